The Kier molecular flexibility index (Phi) is 5.07. The lowest BCUT2D eigenvalue weighted by Gasteiger charge is -2.41. The summed E-state index contributed by atoms with van der Waals surface area (Å²) in [6.45, 7) is 4.52. The zero-order chi connectivity index (χ0) is 20.0. The van der Waals surface area contributed by atoms with Gasteiger partial charge < -0.3 is 14.7 Å². The molecule has 6 heteroatoms. The maximum absolute atomic E-state index is 14.0. The Morgan fingerprint density at radius 1 is 1.00 bits per heavy atom. The predicted octanol–water partition coefficient (Wildman–Crippen LogP) is 3.06. The van der Waals surface area contributed by atoms with E-state index in [9.17, 15) is 9.59 Å². The molecule has 5 rings (SSSR count). The summed E-state index contributed by atoms with van der Waals surface area (Å²) in [5.74, 6) is 0.358. The van der Waals surface area contributed by atoms with Crippen molar-refractivity contribution in [3.8, 4) is 0 Å². The van der Waals surface area contributed by atoms with Crippen molar-refractivity contribution in [3.63, 3.8) is 0 Å². The molecule has 0 radical (unpaired) electrons. The standard InChI is InChI=1S/C23H30ClN3O2/c24-20-6-2-1-5-19(20)23(15-18-7-8-21(28)27(18)16-23)22(29)26-13-9-17(10-14-26)25-11-3-4-12-25/h1-2,5-6,17-18H,3-4,7-16H2/t18-,23-/m0/s1. The molecular formula is C23H30ClN3O2. The molecule has 5 nitrogen and oxygen atoms in total. The van der Waals surface area contributed by atoms with Gasteiger partial charge in [0.2, 0.25) is 11.8 Å². The van der Waals surface area contributed by atoms with Crippen molar-refractivity contribution in [1.29, 1.82) is 0 Å². The molecule has 0 N–H and O–H groups in total. The van der Waals surface area contributed by atoms with Gasteiger partial charge in [-0.1, -0.05) is 29.8 Å². The maximum atomic E-state index is 14.0. The number of halogens is 1. The number of benzene rings is 1. The van der Waals surface area contributed by atoms with Crippen molar-refractivity contribution >= 4 is 23.4 Å². The Bertz CT molecular complexity index is 801. The molecule has 4 saturated heterocycles. The Labute approximate surface area is 178 Å². The number of carbonyl (C=O) groups is 2. The lowest BCUT2D eigenvalue weighted by Crippen LogP contribution is -2.53. The highest BCUT2D eigenvalue weighted by molar-refractivity contribution is 6.31. The lowest BCUT2D eigenvalue weighted by molar-refractivity contribution is -0.139. The summed E-state index contributed by atoms with van der Waals surface area (Å²) in [6.07, 6.45) is 6.88. The van der Waals surface area contributed by atoms with Gasteiger partial charge >= 0.3 is 0 Å². The van der Waals surface area contributed by atoms with Crippen molar-refractivity contribution in [2.75, 3.05) is 32.7 Å². The SMILES string of the molecule is O=C1CC[C@H]2C[C@@](C(=O)N3CCC(N4CCCC4)CC3)(c3ccccc3Cl)CN12. The van der Waals surface area contributed by atoms with Gasteiger partial charge in [-0.2, -0.15) is 0 Å². The minimum Gasteiger partial charge on any atom is -0.342 e. The summed E-state index contributed by atoms with van der Waals surface area (Å²) in [5.41, 5.74) is 0.204. The first-order valence-electron chi connectivity index (χ1n) is 11.2. The fraction of sp³-hybridized carbons (Fsp3) is 0.652. The first-order chi connectivity index (χ1) is 14.1. The van der Waals surface area contributed by atoms with Crippen LogP contribution in [0.3, 0.4) is 0 Å². The Morgan fingerprint density at radius 3 is 2.41 bits per heavy atom. The van der Waals surface area contributed by atoms with Crippen molar-refractivity contribution in [2.45, 2.75) is 62.4 Å². The van der Waals surface area contributed by atoms with E-state index >= 15 is 0 Å². The van der Waals surface area contributed by atoms with Gasteiger partial charge in [-0.15, -0.1) is 0 Å². The molecule has 29 heavy (non-hydrogen) atoms. The Hall–Kier alpha value is -1.59. The van der Waals surface area contributed by atoms with Crippen LogP contribution < -0.4 is 0 Å². The molecule has 0 spiro atoms. The molecule has 2 atom stereocenters. The van der Waals surface area contributed by atoms with Gasteiger partial charge in [-0.25, -0.2) is 0 Å². The van der Waals surface area contributed by atoms with E-state index in [1.165, 1.54) is 25.9 Å². The minimum atomic E-state index is -0.695. The fourth-order valence-corrected chi connectivity index (χ4v) is 6.45. The highest BCUT2D eigenvalue weighted by Crippen LogP contribution is 2.46. The predicted molar refractivity (Wildman–Crippen MR) is 113 cm³/mol. The van der Waals surface area contributed by atoms with E-state index in [1.54, 1.807) is 0 Å². The molecule has 0 saturated carbocycles. The average molecular weight is 416 g/mol. The average Bonchev–Trinajstić information content (AvgIpc) is 3.47. The van der Waals surface area contributed by atoms with Crippen LogP contribution in [0.1, 0.15) is 50.5 Å². The normalized spacial score (nSPS) is 30.9. The molecule has 4 aliphatic heterocycles. The summed E-state index contributed by atoms with van der Waals surface area (Å²) >= 11 is 6.60. The summed E-state index contributed by atoms with van der Waals surface area (Å²) in [6, 6.07) is 8.52. The van der Waals surface area contributed by atoms with Gasteiger partial charge in [0.25, 0.3) is 0 Å². The first kappa shape index (κ1) is 19.4. The molecule has 1 aromatic carbocycles. The lowest BCUT2D eigenvalue weighted by atomic mass is 9.76. The Balaban J connectivity index is 1.40. The third-order valence-electron chi connectivity index (χ3n) is 7.68. The Morgan fingerprint density at radius 2 is 1.72 bits per heavy atom. The van der Waals surface area contributed by atoms with E-state index < -0.39 is 5.41 Å². The van der Waals surface area contributed by atoms with Gasteiger partial charge in [0.1, 0.15) is 0 Å². The maximum Gasteiger partial charge on any atom is 0.235 e. The smallest absolute Gasteiger partial charge is 0.235 e. The van der Waals surface area contributed by atoms with Crippen molar-refractivity contribution in [3.05, 3.63) is 34.9 Å². The molecule has 4 fully saturated rings. The summed E-state index contributed by atoms with van der Waals surface area (Å²) < 4.78 is 0. The number of likely N-dealkylation sites (tertiary alicyclic amines) is 2. The number of piperidine rings is 1. The zero-order valence-electron chi connectivity index (χ0n) is 17.0. The second-order valence-electron chi connectivity index (χ2n) is 9.25. The molecular weight excluding hydrogens is 386 g/mol. The fourth-order valence-electron chi connectivity index (χ4n) is 6.14. The molecule has 1 aromatic rings. The molecule has 2 amide bonds. The second-order valence-corrected chi connectivity index (χ2v) is 9.65. The van der Waals surface area contributed by atoms with E-state index in [0.717, 1.165) is 37.9 Å². The summed E-state index contributed by atoms with van der Waals surface area (Å²) in [4.78, 5) is 33.0. The number of fused-ring (bicyclic) bond motifs is 1. The van der Waals surface area contributed by atoms with E-state index in [-0.39, 0.29) is 17.9 Å². The van der Waals surface area contributed by atoms with E-state index in [1.807, 2.05) is 29.2 Å². The zero-order valence-corrected chi connectivity index (χ0v) is 17.7. The quantitative estimate of drug-likeness (QED) is 0.762. The highest BCUT2D eigenvalue weighted by atomic mass is 35.5. The summed E-state index contributed by atoms with van der Waals surface area (Å²) in [7, 11) is 0. The van der Waals surface area contributed by atoms with E-state index in [4.69, 9.17) is 11.6 Å². The number of amides is 2. The number of carbonyl (C=O) groups excluding carboxylic acids is 2. The number of nitrogens with zero attached hydrogens (tertiary/aromatic N) is 3. The van der Waals surface area contributed by atoms with Crippen LogP contribution in [-0.2, 0) is 15.0 Å². The topological polar surface area (TPSA) is 43.9 Å². The molecule has 156 valence electrons. The second kappa shape index (κ2) is 7.59. The molecule has 0 bridgehead atoms. The molecule has 4 aliphatic rings. The summed E-state index contributed by atoms with van der Waals surface area (Å²) in [5, 5.41) is 0.640. The van der Waals surface area contributed by atoms with Crippen molar-refractivity contribution in [1.82, 2.24) is 14.7 Å². The van der Waals surface area contributed by atoms with Gasteiger partial charge in [-0.05, 0) is 63.2 Å². The van der Waals surface area contributed by atoms with Gasteiger partial charge in [0.05, 0.1) is 5.41 Å². The van der Waals surface area contributed by atoms with Crippen LogP contribution >= 0.6 is 11.6 Å². The van der Waals surface area contributed by atoms with Crippen LogP contribution in [0.4, 0.5) is 0 Å². The monoisotopic (exact) mass is 415 g/mol. The van der Waals surface area contributed by atoms with Crippen LogP contribution in [0.2, 0.25) is 5.02 Å². The van der Waals surface area contributed by atoms with E-state index in [2.05, 4.69) is 9.80 Å². The molecule has 4 heterocycles. The van der Waals surface area contributed by atoms with Crippen molar-refractivity contribution < 1.29 is 9.59 Å². The van der Waals surface area contributed by atoms with Crippen molar-refractivity contribution in [2.24, 2.45) is 0 Å². The van der Waals surface area contributed by atoms with Crippen LogP contribution in [-0.4, -0.2) is 71.3 Å². The number of rotatable bonds is 3. The largest absolute Gasteiger partial charge is 0.342 e. The first-order valence-corrected chi connectivity index (χ1v) is 11.5. The van der Waals surface area contributed by atoms with Crippen LogP contribution in [0, 0.1) is 0 Å². The van der Waals surface area contributed by atoms with Crippen LogP contribution in [0.15, 0.2) is 24.3 Å². The molecule has 0 aliphatic carbocycles. The van der Waals surface area contributed by atoms with Crippen LogP contribution in [0.25, 0.3) is 0 Å². The molecule has 0 aromatic heterocycles. The van der Waals surface area contributed by atoms with Crippen LogP contribution in [0.5, 0.6) is 0 Å². The van der Waals surface area contributed by atoms with Gasteiger partial charge in [0.15, 0.2) is 0 Å². The number of hydrogen-bond donors (Lipinski definition) is 0. The molecule has 0 unspecified atom stereocenters. The third-order valence-corrected chi connectivity index (χ3v) is 8.01. The number of hydrogen-bond acceptors (Lipinski definition) is 3. The van der Waals surface area contributed by atoms with Gasteiger partial charge in [0, 0.05) is 43.2 Å². The van der Waals surface area contributed by atoms with Gasteiger partial charge in [-0.3, -0.25) is 9.59 Å². The van der Waals surface area contributed by atoms with E-state index in [0.29, 0.717) is 30.5 Å². The highest BCUT2D eigenvalue weighted by Gasteiger charge is 2.55. The third kappa shape index (κ3) is 3.27. The minimum absolute atomic E-state index is 0.171.